The molecule has 4 atom stereocenters. The van der Waals surface area contributed by atoms with Gasteiger partial charge in [-0.2, -0.15) is 0 Å². The summed E-state index contributed by atoms with van der Waals surface area (Å²) in [4.78, 5) is 47.9. The van der Waals surface area contributed by atoms with Crippen LogP contribution in [0, 0.1) is 23.6 Å². The van der Waals surface area contributed by atoms with Gasteiger partial charge in [0.05, 0.1) is 34.2 Å². The van der Waals surface area contributed by atoms with E-state index in [1.807, 2.05) is 19.1 Å². The zero-order valence-electron chi connectivity index (χ0n) is 24.8. The predicted molar refractivity (Wildman–Crippen MR) is 165 cm³/mol. The molecule has 1 aromatic carbocycles. The first-order chi connectivity index (χ1) is 21.2. The summed E-state index contributed by atoms with van der Waals surface area (Å²) in [5.74, 6) is -2.31. The van der Waals surface area contributed by atoms with Crippen molar-refractivity contribution in [1.82, 2.24) is 15.3 Å². The highest BCUT2D eigenvalue weighted by Gasteiger charge is 2.44. The Morgan fingerprint density at radius 3 is 2.32 bits per heavy atom. The molecule has 2 heterocycles. The number of anilines is 2. The van der Waals surface area contributed by atoms with E-state index in [2.05, 4.69) is 25.9 Å². The monoisotopic (exact) mass is 621 g/mol. The van der Waals surface area contributed by atoms with Gasteiger partial charge in [0.15, 0.2) is 0 Å². The lowest BCUT2D eigenvalue weighted by Gasteiger charge is -2.36. The molecular formula is C33H37ClFN5O4. The summed E-state index contributed by atoms with van der Waals surface area (Å²) in [6, 6.07) is 11.4. The van der Waals surface area contributed by atoms with E-state index in [4.69, 9.17) is 16.3 Å². The average molecular weight is 622 g/mol. The first kappa shape index (κ1) is 31.5. The van der Waals surface area contributed by atoms with E-state index < -0.39 is 29.1 Å². The molecule has 2 saturated carbocycles. The summed E-state index contributed by atoms with van der Waals surface area (Å²) in [5, 5.41) is 9.10. The minimum absolute atomic E-state index is 0.0268. The van der Waals surface area contributed by atoms with Gasteiger partial charge in [-0.3, -0.25) is 19.4 Å². The van der Waals surface area contributed by atoms with E-state index in [1.54, 1.807) is 36.7 Å². The fourth-order valence-electron chi connectivity index (χ4n) is 6.15. The second-order valence-corrected chi connectivity index (χ2v) is 12.0. The lowest BCUT2D eigenvalue weighted by molar-refractivity contribution is -0.128. The van der Waals surface area contributed by atoms with E-state index in [9.17, 15) is 14.4 Å². The number of pyridine rings is 2. The van der Waals surface area contributed by atoms with Gasteiger partial charge in [0, 0.05) is 32.1 Å². The molecule has 3 amide bonds. The highest BCUT2D eigenvalue weighted by atomic mass is 35.5. The van der Waals surface area contributed by atoms with Crippen molar-refractivity contribution in [3.8, 4) is 0 Å². The zero-order chi connectivity index (χ0) is 31.3. The van der Waals surface area contributed by atoms with Crippen molar-refractivity contribution in [2.75, 3.05) is 17.2 Å². The summed E-state index contributed by atoms with van der Waals surface area (Å²) in [6.45, 7) is 3.75. The summed E-state index contributed by atoms with van der Waals surface area (Å²) in [7, 11) is 0. The maximum atomic E-state index is 15.3. The van der Waals surface area contributed by atoms with Crippen molar-refractivity contribution in [3.05, 3.63) is 83.0 Å². The Morgan fingerprint density at radius 2 is 1.70 bits per heavy atom. The molecule has 0 spiro atoms. The van der Waals surface area contributed by atoms with Gasteiger partial charge >= 0.3 is 0 Å². The fraction of sp³-hybridized carbons (Fsp3) is 0.424. The van der Waals surface area contributed by atoms with Gasteiger partial charge in [-0.15, -0.1) is 0 Å². The molecule has 11 heteroatoms. The maximum absolute atomic E-state index is 15.3. The molecule has 0 saturated heterocycles. The lowest BCUT2D eigenvalue weighted by Crippen LogP contribution is -2.46. The third kappa shape index (κ3) is 7.42. The normalized spacial score (nSPS) is 20.9. The highest BCUT2D eigenvalue weighted by molar-refractivity contribution is 6.30. The largest absolute Gasteiger partial charge is 0.378 e. The second-order valence-electron chi connectivity index (χ2n) is 11.6. The SMILES string of the molecule is CCO[C@H]1CC(C(=O)Nc2ccc(Cl)cn2)[C@@H](C(=O)Nc2cc(C(CCC3CC3)(NC(C)=O)c3ccncc3)ccc2F)C1. The van der Waals surface area contributed by atoms with Crippen molar-refractivity contribution in [2.24, 2.45) is 17.8 Å². The first-order valence-corrected chi connectivity index (χ1v) is 15.4. The molecule has 9 nitrogen and oxygen atoms in total. The van der Waals surface area contributed by atoms with E-state index >= 15 is 4.39 Å². The minimum atomic E-state index is -0.952. The summed E-state index contributed by atoms with van der Waals surface area (Å²) in [5.41, 5.74) is 0.473. The average Bonchev–Trinajstić information content (AvgIpc) is 3.75. The van der Waals surface area contributed by atoms with Crippen LogP contribution in [0.2, 0.25) is 5.02 Å². The zero-order valence-corrected chi connectivity index (χ0v) is 25.6. The Balaban J connectivity index is 1.43. The van der Waals surface area contributed by atoms with Gasteiger partial charge in [0.2, 0.25) is 17.7 Å². The maximum Gasteiger partial charge on any atom is 0.229 e. The molecule has 2 aromatic heterocycles. The number of hydrogen-bond donors (Lipinski definition) is 3. The van der Waals surface area contributed by atoms with Crippen LogP contribution in [0.5, 0.6) is 0 Å². The molecule has 0 aliphatic heterocycles. The molecule has 3 aromatic rings. The molecule has 0 bridgehead atoms. The fourth-order valence-corrected chi connectivity index (χ4v) is 6.26. The lowest BCUT2D eigenvalue weighted by atomic mass is 9.78. The molecule has 0 radical (unpaired) electrons. The van der Waals surface area contributed by atoms with Crippen LogP contribution in [0.25, 0.3) is 0 Å². The summed E-state index contributed by atoms with van der Waals surface area (Å²) in [6.07, 6.45) is 8.85. The van der Waals surface area contributed by atoms with E-state index in [-0.39, 0.29) is 23.6 Å². The van der Waals surface area contributed by atoms with E-state index in [0.29, 0.717) is 48.2 Å². The summed E-state index contributed by atoms with van der Waals surface area (Å²) < 4.78 is 21.1. The van der Waals surface area contributed by atoms with Crippen LogP contribution in [0.4, 0.5) is 15.9 Å². The third-order valence-electron chi connectivity index (χ3n) is 8.48. The number of rotatable bonds is 12. The van der Waals surface area contributed by atoms with E-state index in [0.717, 1.165) is 24.8 Å². The molecule has 232 valence electrons. The number of benzene rings is 1. The third-order valence-corrected chi connectivity index (χ3v) is 8.70. The molecular weight excluding hydrogens is 585 g/mol. The molecule has 44 heavy (non-hydrogen) atoms. The Kier molecular flexibility index (Phi) is 9.90. The second kappa shape index (κ2) is 13.8. The number of hydrogen-bond acceptors (Lipinski definition) is 6. The number of nitrogens with one attached hydrogen (secondary N) is 3. The van der Waals surface area contributed by atoms with Crippen molar-refractivity contribution < 1.29 is 23.5 Å². The van der Waals surface area contributed by atoms with Gasteiger partial charge in [-0.05, 0) is 86.1 Å². The van der Waals surface area contributed by atoms with Crippen molar-refractivity contribution in [1.29, 1.82) is 0 Å². The van der Waals surface area contributed by atoms with Crippen molar-refractivity contribution >= 4 is 40.8 Å². The standard InChI is InChI=1S/C33H37ClFN5O4/c1-3-44-25-17-26(27(18-25)32(43)39-30-9-7-24(34)19-37-30)31(42)38-29-16-23(6-8-28(29)35)33(40-20(2)41,13-10-21-4-5-21)22-11-14-36-15-12-22/h6-9,11-12,14-16,19,21,25-27H,3-5,10,13,17-18H2,1-2H3,(H,38,42)(H,40,41)(H,37,39,43)/t25-,26+,27?,33?/m1/s1. The number of carbonyl (C=O) groups is 3. The minimum Gasteiger partial charge on any atom is -0.378 e. The smallest absolute Gasteiger partial charge is 0.229 e. The molecule has 3 N–H and O–H groups in total. The van der Waals surface area contributed by atoms with Gasteiger partial charge in [-0.25, -0.2) is 9.37 Å². The van der Waals surface area contributed by atoms with Crippen molar-refractivity contribution in [2.45, 2.75) is 64.0 Å². The van der Waals surface area contributed by atoms with Crippen LogP contribution in [0.1, 0.15) is 63.5 Å². The van der Waals surface area contributed by atoms with Crippen LogP contribution in [-0.4, -0.2) is 40.4 Å². The van der Waals surface area contributed by atoms with E-state index in [1.165, 1.54) is 19.2 Å². The molecule has 5 rings (SSSR count). The van der Waals surface area contributed by atoms with Crippen LogP contribution in [0.3, 0.4) is 0 Å². The number of aromatic nitrogens is 2. The van der Waals surface area contributed by atoms with Gasteiger partial charge in [0.25, 0.3) is 0 Å². The number of carbonyl (C=O) groups excluding carboxylic acids is 3. The van der Waals surface area contributed by atoms with Gasteiger partial charge in [-0.1, -0.05) is 30.5 Å². The number of ether oxygens (including phenoxy) is 1. The Bertz CT molecular complexity index is 1490. The molecule has 2 unspecified atom stereocenters. The molecule has 2 fully saturated rings. The van der Waals surface area contributed by atoms with Gasteiger partial charge < -0.3 is 20.7 Å². The quantitative estimate of drug-likeness (QED) is 0.233. The van der Waals surface area contributed by atoms with Gasteiger partial charge in [0.1, 0.15) is 11.6 Å². The molecule has 2 aliphatic rings. The van der Waals surface area contributed by atoms with Crippen LogP contribution in [-0.2, 0) is 24.7 Å². The summed E-state index contributed by atoms with van der Waals surface area (Å²) >= 11 is 5.92. The Hall–Kier alpha value is -3.89. The number of halogens is 2. The molecule has 2 aliphatic carbocycles. The highest BCUT2D eigenvalue weighted by Crippen LogP contribution is 2.42. The Morgan fingerprint density at radius 1 is 1.00 bits per heavy atom. The number of nitrogens with zero attached hydrogens (tertiary/aromatic N) is 2. The topological polar surface area (TPSA) is 122 Å². The predicted octanol–water partition coefficient (Wildman–Crippen LogP) is 5.85. The Labute approximate surface area is 261 Å². The van der Waals surface area contributed by atoms with Crippen LogP contribution < -0.4 is 16.0 Å². The van der Waals surface area contributed by atoms with Crippen LogP contribution in [0.15, 0.2) is 61.1 Å². The van der Waals surface area contributed by atoms with Crippen LogP contribution >= 0.6 is 11.6 Å². The number of amides is 3. The first-order valence-electron chi connectivity index (χ1n) is 15.0. The van der Waals surface area contributed by atoms with Crippen molar-refractivity contribution in [3.63, 3.8) is 0 Å².